The molecule has 0 aromatic rings. The highest BCUT2D eigenvalue weighted by Crippen LogP contribution is 2.26. The highest BCUT2D eigenvalue weighted by Gasteiger charge is 2.45. The third-order valence-corrected chi connectivity index (χ3v) is 4.45. The van der Waals surface area contributed by atoms with Crippen molar-refractivity contribution in [3.05, 3.63) is 0 Å². The summed E-state index contributed by atoms with van der Waals surface area (Å²) in [5.41, 5.74) is 0. The number of carbonyl (C=O) groups excluding carboxylic acids is 2. The van der Waals surface area contributed by atoms with E-state index in [1.165, 1.54) is 0 Å². The average molecular weight is 292 g/mol. The lowest BCUT2D eigenvalue weighted by atomic mass is 9.88. The largest absolute Gasteiger partial charge is 0.342 e. The molecule has 0 aromatic heterocycles. The molecule has 0 spiro atoms. The Balaban J connectivity index is 3.17. The minimum atomic E-state index is -0.427. The molecule has 4 atom stereocenters. The third kappa shape index (κ3) is 3.58. The number of nitrogens with zero attached hydrogens (tertiary/aromatic N) is 1. The van der Waals surface area contributed by atoms with Crippen molar-refractivity contribution in [3.8, 4) is 12.3 Å². The topological polar surface area (TPSA) is 49.4 Å². The van der Waals surface area contributed by atoms with Crippen LogP contribution in [0, 0.1) is 24.2 Å². The number of piperazine rings is 1. The van der Waals surface area contributed by atoms with E-state index in [1.807, 2.05) is 34.6 Å². The smallest absolute Gasteiger partial charge is 0.246 e. The number of hydrogen-bond donors (Lipinski definition) is 1. The molecule has 118 valence electrons. The Kier molecular flexibility index (Phi) is 6.26. The second-order valence-electron chi connectivity index (χ2n) is 6.28. The summed E-state index contributed by atoms with van der Waals surface area (Å²) >= 11 is 0. The molecule has 4 unspecified atom stereocenters. The Morgan fingerprint density at radius 2 is 1.86 bits per heavy atom. The molecule has 0 aromatic carbocycles. The van der Waals surface area contributed by atoms with Crippen LogP contribution in [-0.2, 0) is 9.59 Å². The summed E-state index contributed by atoms with van der Waals surface area (Å²) in [6, 6.07) is -0.909. The molecule has 0 aliphatic carbocycles. The first kappa shape index (κ1) is 17.6. The number of nitrogens with one attached hydrogen (secondary N) is 1. The van der Waals surface area contributed by atoms with Crippen molar-refractivity contribution >= 4 is 11.8 Å². The molecule has 4 heteroatoms. The third-order valence-electron chi connectivity index (χ3n) is 4.45. The first-order chi connectivity index (χ1) is 9.88. The first-order valence-electron chi connectivity index (χ1n) is 7.94. The van der Waals surface area contributed by atoms with E-state index in [0.717, 1.165) is 12.8 Å². The van der Waals surface area contributed by atoms with E-state index >= 15 is 0 Å². The molecule has 1 aliphatic heterocycles. The van der Waals surface area contributed by atoms with Crippen LogP contribution in [0.2, 0.25) is 0 Å². The van der Waals surface area contributed by atoms with Crippen molar-refractivity contribution in [2.45, 2.75) is 72.0 Å². The number of amides is 2. The predicted molar refractivity (Wildman–Crippen MR) is 84.4 cm³/mol. The quantitative estimate of drug-likeness (QED) is 0.763. The van der Waals surface area contributed by atoms with Gasteiger partial charge in [0.1, 0.15) is 12.1 Å². The Morgan fingerprint density at radius 1 is 1.24 bits per heavy atom. The van der Waals surface area contributed by atoms with E-state index in [-0.39, 0.29) is 29.7 Å². The van der Waals surface area contributed by atoms with E-state index in [2.05, 4.69) is 11.2 Å². The molecule has 1 fully saturated rings. The van der Waals surface area contributed by atoms with Crippen LogP contribution >= 0.6 is 0 Å². The van der Waals surface area contributed by atoms with Gasteiger partial charge in [-0.05, 0) is 18.3 Å². The van der Waals surface area contributed by atoms with Gasteiger partial charge >= 0.3 is 0 Å². The van der Waals surface area contributed by atoms with E-state index in [9.17, 15) is 9.59 Å². The van der Waals surface area contributed by atoms with E-state index in [1.54, 1.807) is 4.90 Å². The monoisotopic (exact) mass is 292 g/mol. The molecule has 1 aliphatic rings. The lowest BCUT2D eigenvalue weighted by Crippen LogP contribution is -2.68. The van der Waals surface area contributed by atoms with Crippen LogP contribution in [0.3, 0.4) is 0 Å². The fourth-order valence-electron chi connectivity index (χ4n) is 2.95. The number of hydrogen-bond acceptors (Lipinski definition) is 2. The summed E-state index contributed by atoms with van der Waals surface area (Å²) in [5.74, 6) is 2.80. The zero-order chi connectivity index (χ0) is 16.2. The second kappa shape index (κ2) is 7.49. The molecule has 2 amide bonds. The second-order valence-corrected chi connectivity index (χ2v) is 6.28. The molecule has 1 saturated heterocycles. The standard InChI is InChI=1S/C17H28N2O2/c1-7-10-13(9-3)19-15(11(4)5)16(20)18-14(17(19)21)12(6)8-2/h1,11-15H,8-10H2,2-6H3,(H,18,20). The van der Waals surface area contributed by atoms with Crippen LogP contribution in [0.25, 0.3) is 0 Å². The zero-order valence-corrected chi connectivity index (χ0v) is 13.8. The van der Waals surface area contributed by atoms with Crippen LogP contribution in [0.4, 0.5) is 0 Å². The molecule has 1 heterocycles. The van der Waals surface area contributed by atoms with Crippen LogP contribution in [0.1, 0.15) is 53.9 Å². The Hall–Kier alpha value is -1.50. The summed E-state index contributed by atoms with van der Waals surface area (Å²) in [6.45, 7) is 9.98. The molecular formula is C17H28N2O2. The van der Waals surface area contributed by atoms with Gasteiger partial charge in [-0.1, -0.05) is 41.0 Å². The molecule has 4 nitrogen and oxygen atoms in total. The normalized spacial score (nSPS) is 25.5. The average Bonchev–Trinajstić information content (AvgIpc) is 2.45. The van der Waals surface area contributed by atoms with Gasteiger partial charge in [0.05, 0.1) is 0 Å². The summed E-state index contributed by atoms with van der Waals surface area (Å²) < 4.78 is 0. The number of rotatable bonds is 6. The van der Waals surface area contributed by atoms with Gasteiger partial charge in [-0.15, -0.1) is 12.3 Å². The highest BCUT2D eigenvalue weighted by atomic mass is 16.2. The fourth-order valence-corrected chi connectivity index (χ4v) is 2.95. The van der Waals surface area contributed by atoms with Crippen molar-refractivity contribution in [2.24, 2.45) is 11.8 Å². The first-order valence-corrected chi connectivity index (χ1v) is 7.94. The fraction of sp³-hybridized carbons (Fsp3) is 0.765. The van der Waals surface area contributed by atoms with Crippen LogP contribution in [0.5, 0.6) is 0 Å². The summed E-state index contributed by atoms with van der Waals surface area (Å²) in [4.78, 5) is 27.2. The highest BCUT2D eigenvalue weighted by molar-refractivity contribution is 5.97. The van der Waals surface area contributed by atoms with Gasteiger partial charge in [-0.25, -0.2) is 0 Å². The molecule has 21 heavy (non-hydrogen) atoms. The summed E-state index contributed by atoms with van der Waals surface area (Å²) in [6.07, 6.45) is 7.55. The lowest BCUT2D eigenvalue weighted by molar-refractivity contribution is -0.155. The Labute approximate surface area is 128 Å². The SMILES string of the molecule is C#CCC(CC)N1C(=O)C(C(C)CC)NC(=O)C1C(C)C. The van der Waals surface area contributed by atoms with Crippen molar-refractivity contribution in [3.63, 3.8) is 0 Å². The Bertz CT molecular complexity index is 425. The minimum absolute atomic E-state index is 0.0183. The van der Waals surface area contributed by atoms with Gasteiger partial charge in [-0.3, -0.25) is 9.59 Å². The van der Waals surface area contributed by atoms with Gasteiger partial charge in [0.2, 0.25) is 11.8 Å². The predicted octanol–water partition coefficient (Wildman–Crippen LogP) is 2.19. The molecule has 0 bridgehead atoms. The van der Waals surface area contributed by atoms with Gasteiger partial charge in [0.15, 0.2) is 0 Å². The molecular weight excluding hydrogens is 264 g/mol. The maximum Gasteiger partial charge on any atom is 0.246 e. The van der Waals surface area contributed by atoms with Crippen LogP contribution in [0.15, 0.2) is 0 Å². The molecule has 0 radical (unpaired) electrons. The van der Waals surface area contributed by atoms with Crippen molar-refractivity contribution in [1.29, 1.82) is 0 Å². The number of carbonyl (C=O) groups is 2. The van der Waals surface area contributed by atoms with Gasteiger partial charge in [0, 0.05) is 12.5 Å². The van der Waals surface area contributed by atoms with Gasteiger partial charge < -0.3 is 10.2 Å². The minimum Gasteiger partial charge on any atom is -0.342 e. The summed E-state index contributed by atoms with van der Waals surface area (Å²) in [5, 5.41) is 2.92. The van der Waals surface area contributed by atoms with Gasteiger partial charge in [0.25, 0.3) is 0 Å². The maximum atomic E-state index is 12.9. The molecule has 0 saturated carbocycles. The zero-order valence-electron chi connectivity index (χ0n) is 13.8. The lowest BCUT2D eigenvalue weighted by Gasteiger charge is -2.45. The van der Waals surface area contributed by atoms with Crippen molar-refractivity contribution in [1.82, 2.24) is 10.2 Å². The van der Waals surface area contributed by atoms with E-state index in [4.69, 9.17) is 6.42 Å². The summed E-state index contributed by atoms with van der Waals surface area (Å²) in [7, 11) is 0. The van der Waals surface area contributed by atoms with E-state index in [0.29, 0.717) is 6.42 Å². The van der Waals surface area contributed by atoms with Crippen LogP contribution < -0.4 is 5.32 Å². The van der Waals surface area contributed by atoms with Gasteiger partial charge in [-0.2, -0.15) is 0 Å². The van der Waals surface area contributed by atoms with Crippen LogP contribution in [-0.4, -0.2) is 34.8 Å². The Morgan fingerprint density at radius 3 is 2.29 bits per heavy atom. The molecule has 1 rings (SSSR count). The molecule has 1 N–H and O–H groups in total. The maximum absolute atomic E-state index is 12.9. The van der Waals surface area contributed by atoms with Crippen molar-refractivity contribution < 1.29 is 9.59 Å². The van der Waals surface area contributed by atoms with Crippen molar-refractivity contribution in [2.75, 3.05) is 0 Å². The van der Waals surface area contributed by atoms with E-state index < -0.39 is 12.1 Å². The number of terminal acetylenes is 1.